The fourth-order valence-electron chi connectivity index (χ4n) is 2.43. The quantitative estimate of drug-likeness (QED) is 0.870. The molecule has 21 heavy (non-hydrogen) atoms. The predicted molar refractivity (Wildman–Crippen MR) is 79.8 cm³/mol. The van der Waals surface area contributed by atoms with Crippen molar-refractivity contribution in [2.75, 3.05) is 18.8 Å². The number of carbonyl (C=O) groups excluding carboxylic acids is 1. The van der Waals surface area contributed by atoms with Gasteiger partial charge in [0.25, 0.3) is 0 Å². The average Bonchev–Trinajstić information content (AvgIpc) is 2.53. The molecule has 1 aromatic heterocycles. The van der Waals surface area contributed by atoms with Crippen molar-refractivity contribution in [3.63, 3.8) is 0 Å². The molecule has 0 aromatic carbocycles. The minimum absolute atomic E-state index is 0.0807. The topological polar surface area (TPSA) is 79.4 Å². The van der Waals surface area contributed by atoms with E-state index in [0.29, 0.717) is 19.6 Å². The molecule has 7 heteroatoms. The molecule has 0 unspecified atom stereocenters. The molecule has 2 rings (SSSR count). The van der Waals surface area contributed by atoms with Gasteiger partial charge in [-0.3, -0.25) is 9.78 Å². The number of rotatable bonds is 5. The van der Waals surface area contributed by atoms with Crippen LogP contribution < -0.4 is 5.32 Å². The summed E-state index contributed by atoms with van der Waals surface area (Å²) in [6.45, 7) is 2.88. The van der Waals surface area contributed by atoms with E-state index in [9.17, 15) is 13.2 Å². The molecule has 0 spiro atoms. The molecular weight excluding hydrogens is 290 g/mol. The highest BCUT2D eigenvalue weighted by Crippen LogP contribution is 2.19. The Morgan fingerprint density at radius 1 is 1.43 bits per heavy atom. The molecule has 1 aliphatic heterocycles. The highest BCUT2D eigenvalue weighted by atomic mass is 32.2. The zero-order chi connectivity index (χ0) is 15.3. The number of aromatic nitrogens is 1. The maximum atomic E-state index is 12.2. The normalized spacial score (nSPS) is 20.1. The van der Waals surface area contributed by atoms with E-state index in [1.165, 1.54) is 4.31 Å². The molecule has 0 saturated carbocycles. The molecule has 1 aromatic rings. The number of piperidine rings is 1. The number of nitrogens with one attached hydrogen (secondary N) is 1. The highest BCUT2D eigenvalue weighted by Gasteiger charge is 2.31. The number of sulfonamides is 1. The largest absolute Gasteiger partial charge is 0.352 e. The van der Waals surface area contributed by atoms with Gasteiger partial charge in [-0.25, -0.2) is 12.7 Å². The monoisotopic (exact) mass is 311 g/mol. The fraction of sp³-hybridized carbons (Fsp3) is 0.571. The molecule has 1 fully saturated rings. The lowest BCUT2D eigenvalue weighted by atomic mass is 9.99. The first-order valence-corrected chi connectivity index (χ1v) is 8.78. The summed E-state index contributed by atoms with van der Waals surface area (Å²) in [4.78, 5) is 16.1. The first-order valence-electron chi connectivity index (χ1n) is 7.17. The Morgan fingerprint density at radius 2 is 2.14 bits per heavy atom. The van der Waals surface area contributed by atoms with Crippen LogP contribution in [0.25, 0.3) is 0 Å². The van der Waals surface area contributed by atoms with Crippen molar-refractivity contribution in [2.45, 2.75) is 26.3 Å². The van der Waals surface area contributed by atoms with Crippen molar-refractivity contribution >= 4 is 15.9 Å². The Labute approximate surface area is 125 Å². The smallest absolute Gasteiger partial charge is 0.224 e. The minimum Gasteiger partial charge on any atom is -0.352 e. The molecular formula is C14H21N3O3S. The van der Waals surface area contributed by atoms with Gasteiger partial charge in [-0.1, -0.05) is 0 Å². The van der Waals surface area contributed by atoms with Crippen LogP contribution in [-0.2, 0) is 21.4 Å². The molecule has 0 radical (unpaired) electrons. The van der Waals surface area contributed by atoms with Gasteiger partial charge < -0.3 is 5.32 Å². The summed E-state index contributed by atoms with van der Waals surface area (Å²) in [7, 11) is -3.21. The SMILES string of the molecule is CCS(=O)(=O)N1CCC[C@H](C(=O)NCc2ccncc2)C1. The Morgan fingerprint density at radius 3 is 2.81 bits per heavy atom. The van der Waals surface area contributed by atoms with Crippen molar-refractivity contribution < 1.29 is 13.2 Å². The second kappa shape index (κ2) is 7.00. The van der Waals surface area contributed by atoms with Crippen molar-refractivity contribution in [3.8, 4) is 0 Å². The zero-order valence-electron chi connectivity index (χ0n) is 12.2. The van der Waals surface area contributed by atoms with Crippen LogP contribution in [0.15, 0.2) is 24.5 Å². The molecule has 2 heterocycles. The van der Waals surface area contributed by atoms with Gasteiger partial charge in [-0.05, 0) is 37.5 Å². The van der Waals surface area contributed by atoms with Gasteiger partial charge in [0.05, 0.1) is 11.7 Å². The summed E-state index contributed by atoms with van der Waals surface area (Å²) in [6, 6.07) is 3.68. The third-order valence-electron chi connectivity index (χ3n) is 3.73. The Bertz CT molecular complexity index is 574. The van der Waals surface area contributed by atoms with Crippen LogP contribution in [0.5, 0.6) is 0 Å². The van der Waals surface area contributed by atoms with Crippen molar-refractivity contribution in [3.05, 3.63) is 30.1 Å². The van der Waals surface area contributed by atoms with Gasteiger partial charge in [0.2, 0.25) is 15.9 Å². The number of hydrogen-bond donors (Lipinski definition) is 1. The summed E-state index contributed by atoms with van der Waals surface area (Å²) in [5, 5.41) is 2.87. The second-order valence-corrected chi connectivity index (χ2v) is 7.43. The molecule has 1 amide bonds. The molecule has 6 nitrogen and oxygen atoms in total. The van der Waals surface area contributed by atoms with Crippen molar-refractivity contribution in [1.29, 1.82) is 0 Å². The van der Waals surface area contributed by atoms with E-state index in [2.05, 4.69) is 10.3 Å². The first kappa shape index (κ1) is 15.9. The third-order valence-corrected chi connectivity index (χ3v) is 5.58. The predicted octanol–water partition coefficient (Wildman–Crippen LogP) is 0.759. The van der Waals surface area contributed by atoms with Crippen LogP contribution in [0.1, 0.15) is 25.3 Å². The second-order valence-electron chi connectivity index (χ2n) is 5.17. The number of carbonyl (C=O) groups is 1. The van der Waals surface area contributed by atoms with E-state index >= 15 is 0 Å². The minimum atomic E-state index is -3.21. The lowest BCUT2D eigenvalue weighted by Crippen LogP contribution is -2.45. The number of pyridine rings is 1. The first-order chi connectivity index (χ1) is 10.0. The molecule has 116 valence electrons. The summed E-state index contributed by atoms with van der Waals surface area (Å²) in [6.07, 6.45) is 4.82. The van der Waals surface area contributed by atoms with Crippen LogP contribution in [0.3, 0.4) is 0 Å². The van der Waals surface area contributed by atoms with Crippen LogP contribution >= 0.6 is 0 Å². The summed E-state index contributed by atoms with van der Waals surface area (Å²) in [5.74, 6) is -0.261. The molecule has 1 aliphatic rings. The maximum absolute atomic E-state index is 12.2. The number of amides is 1. The van der Waals surface area contributed by atoms with E-state index in [4.69, 9.17) is 0 Å². The van der Waals surface area contributed by atoms with Gasteiger partial charge >= 0.3 is 0 Å². The summed E-state index contributed by atoms with van der Waals surface area (Å²) < 4.78 is 25.2. The van der Waals surface area contributed by atoms with E-state index in [-0.39, 0.29) is 17.6 Å². The van der Waals surface area contributed by atoms with Crippen LogP contribution in [0.2, 0.25) is 0 Å². The van der Waals surface area contributed by atoms with E-state index in [1.54, 1.807) is 19.3 Å². The maximum Gasteiger partial charge on any atom is 0.224 e. The fourth-order valence-corrected chi connectivity index (χ4v) is 3.61. The molecule has 0 bridgehead atoms. The van der Waals surface area contributed by atoms with Gasteiger partial charge in [-0.2, -0.15) is 0 Å². The zero-order valence-corrected chi connectivity index (χ0v) is 13.0. The standard InChI is InChI=1S/C14H21N3O3S/c1-2-21(19,20)17-9-3-4-13(11-17)14(18)16-10-12-5-7-15-8-6-12/h5-8,13H,2-4,9-11H2,1H3,(H,16,18)/t13-/m0/s1. The molecule has 1 N–H and O–H groups in total. The van der Waals surface area contributed by atoms with Gasteiger partial charge in [-0.15, -0.1) is 0 Å². The lowest BCUT2D eigenvalue weighted by molar-refractivity contribution is -0.126. The van der Waals surface area contributed by atoms with Gasteiger partial charge in [0, 0.05) is 32.0 Å². The van der Waals surface area contributed by atoms with Crippen LogP contribution in [-0.4, -0.2) is 42.5 Å². The van der Waals surface area contributed by atoms with Crippen molar-refractivity contribution in [1.82, 2.24) is 14.6 Å². The summed E-state index contributed by atoms with van der Waals surface area (Å²) in [5.41, 5.74) is 0.979. The van der Waals surface area contributed by atoms with Crippen LogP contribution in [0.4, 0.5) is 0 Å². The van der Waals surface area contributed by atoms with E-state index in [1.807, 2.05) is 12.1 Å². The Kier molecular flexibility index (Phi) is 5.30. The lowest BCUT2D eigenvalue weighted by Gasteiger charge is -2.30. The third kappa shape index (κ3) is 4.25. The molecule has 0 aliphatic carbocycles. The Hall–Kier alpha value is -1.47. The summed E-state index contributed by atoms with van der Waals surface area (Å²) >= 11 is 0. The molecule has 1 saturated heterocycles. The van der Waals surface area contributed by atoms with Gasteiger partial charge in [0.1, 0.15) is 0 Å². The number of hydrogen-bond acceptors (Lipinski definition) is 4. The molecule has 1 atom stereocenters. The number of nitrogens with zero attached hydrogens (tertiary/aromatic N) is 2. The van der Waals surface area contributed by atoms with Gasteiger partial charge in [0.15, 0.2) is 0 Å². The highest BCUT2D eigenvalue weighted by molar-refractivity contribution is 7.89. The van der Waals surface area contributed by atoms with Crippen molar-refractivity contribution in [2.24, 2.45) is 5.92 Å². The Balaban J connectivity index is 1.90. The van der Waals surface area contributed by atoms with Crippen LogP contribution in [0, 0.1) is 5.92 Å². The van der Waals surface area contributed by atoms with E-state index in [0.717, 1.165) is 18.4 Å². The average molecular weight is 311 g/mol. The van der Waals surface area contributed by atoms with E-state index < -0.39 is 10.0 Å².